The third kappa shape index (κ3) is 7.78. The van der Waals surface area contributed by atoms with Gasteiger partial charge in [-0.1, -0.05) is 6.42 Å². The summed E-state index contributed by atoms with van der Waals surface area (Å²) in [7, 11) is 4.19. The SMILES string of the molecule is CC(=O)NCCCCC(C)N(C)C. The van der Waals surface area contributed by atoms with Gasteiger partial charge in [-0.05, 0) is 33.9 Å². The molecule has 0 aromatic carbocycles. The Balaban J connectivity index is 3.21. The lowest BCUT2D eigenvalue weighted by atomic mass is 10.1. The summed E-state index contributed by atoms with van der Waals surface area (Å²) in [6.07, 6.45) is 3.46. The lowest BCUT2D eigenvalue weighted by Crippen LogP contribution is -2.25. The van der Waals surface area contributed by atoms with Crippen molar-refractivity contribution in [1.82, 2.24) is 10.2 Å². The molecule has 1 atom stereocenters. The molecule has 0 aliphatic heterocycles. The van der Waals surface area contributed by atoms with E-state index in [1.54, 1.807) is 6.92 Å². The quantitative estimate of drug-likeness (QED) is 0.633. The summed E-state index contributed by atoms with van der Waals surface area (Å²) in [5.74, 6) is 0.0701. The Labute approximate surface area is 81.5 Å². The second-order valence-electron chi connectivity index (χ2n) is 3.79. The molecule has 0 saturated heterocycles. The van der Waals surface area contributed by atoms with Gasteiger partial charge in [-0.25, -0.2) is 0 Å². The average molecular weight is 186 g/mol. The number of hydrogen-bond donors (Lipinski definition) is 1. The number of nitrogens with one attached hydrogen (secondary N) is 1. The zero-order chi connectivity index (χ0) is 10.3. The second kappa shape index (κ2) is 6.89. The summed E-state index contributed by atoms with van der Waals surface area (Å²) < 4.78 is 0. The molecule has 1 N–H and O–H groups in total. The number of unbranched alkanes of at least 4 members (excludes halogenated alkanes) is 1. The van der Waals surface area contributed by atoms with Gasteiger partial charge in [-0.3, -0.25) is 4.79 Å². The topological polar surface area (TPSA) is 32.3 Å². The largest absolute Gasteiger partial charge is 0.356 e. The number of hydrogen-bond acceptors (Lipinski definition) is 2. The Bertz CT molecular complexity index is 146. The van der Waals surface area contributed by atoms with Gasteiger partial charge in [0.25, 0.3) is 0 Å². The van der Waals surface area contributed by atoms with E-state index in [-0.39, 0.29) is 5.91 Å². The highest BCUT2D eigenvalue weighted by atomic mass is 16.1. The molecule has 0 heterocycles. The Kier molecular flexibility index (Phi) is 6.59. The van der Waals surface area contributed by atoms with Gasteiger partial charge in [0.1, 0.15) is 0 Å². The van der Waals surface area contributed by atoms with Crippen molar-refractivity contribution in [2.45, 2.75) is 39.2 Å². The summed E-state index contributed by atoms with van der Waals surface area (Å²) in [6, 6.07) is 0.636. The molecule has 0 bridgehead atoms. The molecule has 13 heavy (non-hydrogen) atoms. The molecule has 1 unspecified atom stereocenters. The predicted molar refractivity (Wildman–Crippen MR) is 55.7 cm³/mol. The number of carbonyl (C=O) groups is 1. The smallest absolute Gasteiger partial charge is 0.216 e. The Morgan fingerprint density at radius 3 is 2.46 bits per heavy atom. The van der Waals surface area contributed by atoms with Crippen LogP contribution in [0.5, 0.6) is 0 Å². The van der Waals surface area contributed by atoms with E-state index in [1.807, 2.05) is 0 Å². The van der Waals surface area contributed by atoms with Crippen LogP contribution in [0.15, 0.2) is 0 Å². The van der Waals surface area contributed by atoms with E-state index in [0.717, 1.165) is 13.0 Å². The molecule has 0 saturated carbocycles. The van der Waals surface area contributed by atoms with Crippen molar-refractivity contribution in [2.24, 2.45) is 0 Å². The molecular weight excluding hydrogens is 164 g/mol. The first-order valence-electron chi connectivity index (χ1n) is 4.95. The van der Waals surface area contributed by atoms with Gasteiger partial charge < -0.3 is 10.2 Å². The molecule has 0 aromatic rings. The zero-order valence-corrected chi connectivity index (χ0v) is 9.26. The minimum atomic E-state index is 0.0701. The summed E-state index contributed by atoms with van der Waals surface area (Å²) in [5, 5.41) is 2.80. The summed E-state index contributed by atoms with van der Waals surface area (Å²) in [5.41, 5.74) is 0. The van der Waals surface area contributed by atoms with Crippen LogP contribution in [-0.2, 0) is 4.79 Å². The minimum Gasteiger partial charge on any atom is -0.356 e. The molecule has 0 rings (SSSR count). The summed E-state index contributed by atoms with van der Waals surface area (Å²) in [4.78, 5) is 12.8. The highest BCUT2D eigenvalue weighted by Gasteiger charge is 2.02. The van der Waals surface area contributed by atoms with Gasteiger partial charge in [0, 0.05) is 19.5 Å². The normalized spacial score (nSPS) is 13.0. The van der Waals surface area contributed by atoms with Crippen LogP contribution in [0.4, 0.5) is 0 Å². The number of nitrogens with zero attached hydrogens (tertiary/aromatic N) is 1. The molecule has 0 fully saturated rings. The number of carbonyl (C=O) groups excluding carboxylic acids is 1. The first-order valence-corrected chi connectivity index (χ1v) is 4.95. The molecule has 0 aliphatic carbocycles. The van der Waals surface area contributed by atoms with Crippen LogP contribution in [-0.4, -0.2) is 37.5 Å². The van der Waals surface area contributed by atoms with Crippen molar-refractivity contribution >= 4 is 5.91 Å². The van der Waals surface area contributed by atoms with Crippen molar-refractivity contribution in [1.29, 1.82) is 0 Å². The maximum atomic E-state index is 10.5. The van der Waals surface area contributed by atoms with Gasteiger partial charge in [0.15, 0.2) is 0 Å². The van der Waals surface area contributed by atoms with Gasteiger partial charge in [0.2, 0.25) is 5.91 Å². The third-order valence-corrected chi connectivity index (χ3v) is 2.30. The lowest BCUT2D eigenvalue weighted by molar-refractivity contribution is -0.118. The van der Waals surface area contributed by atoms with Crippen LogP contribution in [0.25, 0.3) is 0 Å². The van der Waals surface area contributed by atoms with Gasteiger partial charge in [-0.15, -0.1) is 0 Å². The van der Waals surface area contributed by atoms with Gasteiger partial charge >= 0.3 is 0 Å². The van der Waals surface area contributed by atoms with E-state index in [9.17, 15) is 4.79 Å². The zero-order valence-electron chi connectivity index (χ0n) is 9.26. The van der Waals surface area contributed by atoms with E-state index in [2.05, 4.69) is 31.2 Å². The van der Waals surface area contributed by atoms with Crippen molar-refractivity contribution < 1.29 is 4.79 Å². The van der Waals surface area contributed by atoms with E-state index in [1.165, 1.54) is 12.8 Å². The van der Waals surface area contributed by atoms with E-state index < -0.39 is 0 Å². The fourth-order valence-electron chi connectivity index (χ4n) is 1.09. The van der Waals surface area contributed by atoms with Crippen LogP contribution in [0.1, 0.15) is 33.1 Å². The van der Waals surface area contributed by atoms with Gasteiger partial charge in [-0.2, -0.15) is 0 Å². The molecule has 3 nitrogen and oxygen atoms in total. The van der Waals surface area contributed by atoms with E-state index >= 15 is 0 Å². The number of amides is 1. The van der Waals surface area contributed by atoms with Crippen molar-refractivity contribution in [3.8, 4) is 0 Å². The highest BCUT2D eigenvalue weighted by molar-refractivity contribution is 5.72. The molecular formula is C10H22N2O. The van der Waals surface area contributed by atoms with Crippen LogP contribution in [0.2, 0.25) is 0 Å². The fraction of sp³-hybridized carbons (Fsp3) is 0.900. The Morgan fingerprint density at radius 1 is 1.38 bits per heavy atom. The predicted octanol–water partition coefficient (Wildman–Crippen LogP) is 1.24. The van der Waals surface area contributed by atoms with Gasteiger partial charge in [0.05, 0.1) is 0 Å². The standard InChI is InChI=1S/C10H22N2O/c1-9(12(3)4)7-5-6-8-11-10(2)13/h9H,5-8H2,1-4H3,(H,11,13). The summed E-state index contributed by atoms with van der Waals surface area (Å²) >= 11 is 0. The van der Waals surface area contributed by atoms with E-state index in [0.29, 0.717) is 6.04 Å². The molecule has 0 spiro atoms. The average Bonchev–Trinajstić information content (AvgIpc) is 2.02. The summed E-state index contributed by atoms with van der Waals surface area (Å²) in [6.45, 7) is 4.59. The molecule has 1 amide bonds. The lowest BCUT2D eigenvalue weighted by Gasteiger charge is -2.19. The fourth-order valence-corrected chi connectivity index (χ4v) is 1.09. The van der Waals surface area contributed by atoms with Crippen LogP contribution >= 0.6 is 0 Å². The molecule has 0 radical (unpaired) electrons. The first kappa shape index (κ1) is 12.4. The number of rotatable bonds is 6. The van der Waals surface area contributed by atoms with Crippen LogP contribution in [0.3, 0.4) is 0 Å². The molecule has 0 aromatic heterocycles. The maximum absolute atomic E-state index is 10.5. The maximum Gasteiger partial charge on any atom is 0.216 e. The Hall–Kier alpha value is -0.570. The van der Waals surface area contributed by atoms with Crippen LogP contribution < -0.4 is 5.32 Å². The molecule has 78 valence electrons. The van der Waals surface area contributed by atoms with Crippen LogP contribution in [0, 0.1) is 0 Å². The second-order valence-corrected chi connectivity index (χ2v) is 3.79. The molecule has 3 heteroatoms. The van der Waals surface area contributed by atoms with Crippen molar-refractivity contribution in [3.63, 3.8) is 0 Å². The van der Waals surface area contributed by atoms with E-state index in [4.69, 9.17) is 0 Å². The monoisotopic (exact) mass is 186 g/mol. The molecule has 0 aliphatic rings. The third-order valence-electron chi connectivity index (χ3n) is 2.30. The van der Waals surface area contributed by atoms with Crippen molar-refractivity contribution in [2.75, 3.05) is 20.6 Å². The first-order chi connectivity index (χ1) is 6.04. The van der Waals surface area contributed by atoms with Crippen molar-refractivity contribution in [3.05, 3.63) is 0 Å². The Morgan fingerprint density at radius 2 is 2.00 bits per heavy atom. The highest BCUT2D eigenvalue weighted by Crippen LogP contribution is 2.03. The minimum absolute atomic E-state index is 0.0701.